The van der Waals surface area contributed by atoms with Gasteiger partial charge in [0.1, 0.15) is 5.75 Å². The topological polar surface area (TPSA) is 55.4 Å². The second kappa shape index (κ2) is 10.1. The van der Waals surface area contributed by atoms with Crippen molar-refractivity contribution < 1.29 is 14.3 Å². The highest BCUT2D eigenvalue weighted by Crippen LogP contribution is 2.26. The van der Waals surface area contributed by atoms with Crippen LogP contribution in [0.4, 0.5) is 5.69 Å². The number of carbonyl (C=O) groups excluding carboxylic acids is 2. The lowest BCUT2D eigenvalue weighted by Crippen LogP contribution is -2.15. The molecule has 0 aliphatic carbocycles. The van der Waals surface area contributed by atoms with Gasteiger partial charge in [0.2, 0.25) is 0 Å². The van der Waals surface area contributed by atoms with Crippen LogP contribution in [0.15, 0.2) is 78.9 Å². The van der Waals surface area contributed by atoms with E-state index in [-0.39, 0.29) is 16.4 Å². The molecule has 0 aliphatic rings. The third-order valence-electron chi connectivity index (χ3n) is 5.31. The molecule has 4 nitrogen and oxygen atoms in total. The molecule has 4 aromatic carbocycles. The van der Waals surface area contributed by atoms with E-state index in [0.29, 0.717) is 28.6 Å². The van der Waals surface area contributed by atoms with Gasteiger partial charge in [0, 0.05) is 17.0 Å². The number of nitrogens with one attached hydrogen (secondary N) is 1. The van der Waals surface area contributed by atoms with E-state index in [4.69, 9.17) is 27.9 Å². The number of Topliss-reactive ketones (excluding diaryl/α,β-unsaturated/α-hetero) is 1. The van der Waals surface area contributed by atoms with Crippen molar-refractivity contribution in [3.05, 3.63) is 106 Å². The minimum absolute atomic E-state index is 0.188. The molecule has 0 aromatic heterocycles. The normalized spacial score (nSPS) is 10.8. The third kappa shape index (κ3) is 5.36. The molecule has 0 fully saturated rings. The number of ether oxygens (including phenoxy) is 1. The van der Waals surface area contributed by atoms with Crippen LogP contribution in [-0.4, -0.2) is 18.3 Å². The van der Waals surface area contributed by atoms with E-state index in [0.717, 1.165) is 6.42 Å². The molecule has 0 saturated heterocycles. The van der Waals surface area contributed by atoms with Crippen LogP contribution >= 0.6 is 23.2 Å². The van der Waals surface area contributed by atoms with Gasteiger partial charge < -0.3 is 10.1 Å². The Labute approximate surface area is 202 Å². The first-order valence-electron chi connectivity index (χ1n) is 10.4. The molecule has 0 bridgehead atoms. The SMILES string of the molecule is CC(=O)c1cc(OCCc2cccc3ccccc23)ccc1NC(=O)c1ccc(Cl)cc1Cl. The maximum absolute atomic E-state index is 12.7. The molecular formula is C27H21Cl2NO3. The number of benzene rings is 4. The largest absolute Gasteiger partial charge is 0.493 e. The van der Waals surface area contributed by atoms with Crippen molar-refractivity contribution in [1.29, 1.82) is 0 Å². The Balaban J connectivity index is 1.47. The van der Waals surface area contributed by atoms with E-state index < -0.39 is 5.91 Å². The fourth-order valence-electron chi connectivity index (χ4n) is 3.67. The summed E-state index contributed by atoms with van der Waals surface area (Å²) in [5, 5.41) is 5.82. The highest BCUT2D eigenvalue weighted by Gasteiger charge is 2.15. The van der Waals surface area contributed by atoms with Gasteiger partial charge in [-0.2, -0.15) is 0 Å². The van der Waals surface area contributed by atoms with Crippen molar-refractivity contribution in [1.82, 2.24) is 0 Å². The summed E-state index contributed by atoms with van der Waals surface area (Å²) in [5.41, 5.74) is 2.21. The Kier molecular flexibility index (Phi) is 6.97. The molecule has 1 amide bonds. The molecule has 0 spiro atoms. The smallest absolute Gasteiger partial charge is 0.257 e. The fraction of sp³-hybridized carbons (Fsp3) is 0.111. The lowest BCUT2D eigenvalue weighted by molar-refractivity contribution is 0.101. The van der Waals surface area contributed by atoms with Crippen LogP contribution in [0.5, 0.6) is 5.75 Å². The summed E-state index contributed by atoms with van der Waals surface area (Å²) in [7, 11) is 0. The number of carbonyl (C=O) groups is 2. The minimum Gasteiger partial charge on any atom is -0.493 e. The molecule has 0 aliphatic heterocycles. The third-order valence-corrected chi connectivity index (χ3v) is 5.86. The molecule has 6 heteroatoms. The molecule has 1 N–H and O–H groups in total. The quantitative estimate of drug-likeness (QED) is 0.285. The first kappa shape index (κ1) is 22.8. The molecule has 4 aromatic rings. The number of rotatable bonds is 7. The number of hydrogen-bond donors (Lipinski definition) is 1. The Morgan fingerprint density at radius 2 is 1.67 bits per heavy atom. The maximum atomic E-state index is 12.7. The summed E-state index contributed by atoms with van der Waals surface area (Å²) in [6.07, 6.45) is 0.726. The molecule has 0 radical (unpaired) electrons. The summed E-state index contributed by atoms with van der Waals surface area (Å²) >= 11 is 12.0. The first-order chi connectivity index (χ1) is 15.9. The van der Waals surface area contributed by atoms with Crippen LogP contribution in [0.1, 0.15) is 33.2 Å². The predicted octanol–water partition coefficient (Wildman–Crippen LogP) is 7.22. The summed E-state index contributed by atoms with van der Waals surface area (Å²) in [4.78, 5) is 24.9. The molecule has 33 heavy (non-hydrogen) atoms. The maximum Gasteiger partial charge on any atom is 0.257 e. The van der Waals surface area contributed by atoms with Gasteiger partial charge in [-0.3, -0.25) is 9.59 Å². The number of hydrogen-bond acceptors (Lipinski definition) is 3. The Morgan fingerprint density at radius 3 is 2.45 bits per heavy atom. The van der Waals surface area contributed by atoms with Crippen LogP contribution < -0.4 is 10.1 Å². The summed E-state index contributed by atoms with van der Waals surface area (Å²) < 4.78 is 5.93. The van der Waals surface area contributed by atoms with Crippen molar-refractivity contribution in [3.8, 4) is 5.75 Å². The summed E-state index contributed by atoms with van der Waals surface area (Å²) in [6, 6.07) is 24.1. The average molecular weight is 478 g/mol. The molecule has 0 saturated carbocycles. The summed E-state index contributed by atoms with van der Waals surface area (Å²) in [5.74, 6) is -0.0567. The van der Waals surface area contributed by atoms with Crippen LogP contribution in [0.3, 0.4) is 0 Å². The second-order valence-electron chi connectivity index (χ2n) is 7.58. The van der Waals surface area contributed by atoms with Crippen LogP contribution in [0, 0.1) is 0 Å². The fourth-order valence-corrected chi connectivity index (χ4v) is 4.16. The summed E-state index contributed by atoms with van der Waals surface area (Å²) in [6.45, 7) is 1.90. The van der Waals surface area contributed by atoms with Crippen molar-refractivity contribution in [2.45, 2.75) is 13.3 Å². The second-order valence-corrected chi connectivity index (χ2v) is 8.42. The lowest BCUT2D eigenvalue weighted by atomic mass is 10.0. The van der Waals surface area contributed by atoms with Crippen LogP contribution in [-0.2, 0) is 6.42 Å². The van der Waals surface area contributed by atoms with Gasteiger partial charge >= 0.3 is 0 Å². The molecule has 166 valence electrons. The van der Waals surface area contributed by atoms with Crippen molar-refractivity contribution in [2.24, 2.45) is 0 Å². The molecule has 0 heterocycles. The van der Waals surface area contributed by atoms with E-state index in [2.05, 4.69) is 29.6 Å². The Morgan fingerprint density at radius 1 is 0.879 bits per heavy atom. The van der Waals surface area contributed by atoms with Crippen molar-refractivity contribution >= 4 is 51.4 Å². The highest BCUT2D eigenvalue weighted by molar-refractivity contribution is 6.37. The number of ketones is 1. The zero-order chi connectivity index (χ0) is 23.4. The van der Waals surface area contributed by atoms with Gasteiger partial charge in [0.05, 0.1) is 22.9 Å². The van der Waals surface area contributed by atoms with Gasteiger partial charge in [-0.05, 0) is 59.7 Å². The minimum atomic E-state index is -0.427. The number of halogens is 2. The zero-order valence-corrected chi connectivity index (χ0v) is 19.4. The molecule has 0 atom stereocenters. The van der Waals surface area contributed by atoms with Gasteiger partial charge in [0.15, 0.2) is 5.78 Å². The predicted molar refractivity (Wildman–Crippen MR) is 134 cm³/mol. The standard InChI is InChI=1S/C27H21Cl2NO3/c1-17(31)24-16-21(33-14-13-19-7-4-6-18-5-2-3-8-22(18)19)10-12-26(24)30-27(32)23-11-9-20(28)15-25(23)29/h2-12,15-16H,13-14H2,1H3,(H,30,32). The monoisotopic (exact) mass is 477 g/mol. The van der Waals surface area contributed by atoms with Crippen LogP contribution in [0.25, 0.3) is 10.8 Å². The van der Waals surface area contributed by atoms with Crippen molar-refractivity contribution in [2.75, 3.05) is 11.9 Å². The molecular weight excluding hydrogens is 457 g/mol. The van der Waals surface area contributed by atoms with Gasteiger partial charge in [0.25, 0.3) is 5.91 Å². The van der Waals surface area contributed by atoms with E-state index in [1.165, 1.54) is 35.4 Å². The number of fused-ring (bicyclic) bond motifs is 1. The number of anilines is 1. The van der Waals surface area contributed by atoms with E-state index in [1.807, 2.05) is 18.2 Å². The average Bonchev–Trinajstić information content (AvgIpc) is 2.80. The first-order valence-corrected chi connectivity index (χ1v) is 11.2. The van der Waals surface area contributed by atoms with Crippen molar-refractivity contribution in [3.63, 3.8) is 0 Å². The molecule has 0 unspecified atom stereocenters. The number of amides is 1. The van der Waals surface area contributed by atoms with E-state index >= 15 is 0 Å². The van der Waals surface area contributed by atoms with Gasteiger partial charge in [-0.15, -0.1) is 0 Å². The highest BCUT2D eigenvalue weighted by atomic mass is 35.5. The Hall–Kier alpha value is -3.34. The van der Waals surface area contributed by atoms with Crippen LogP contribution in [0.2, 0.25) is 10.0 Å². The van der Waals surface area contributed by atoms with E-state index in [9.17, 15) is 9.59 Å². The van der Waals surface area contributed by atoms with Gasteiger partial charge in [-0.25, -0.2) is 0 Å². The van der Waals surface area contributed by atoms with E-state index in [1.54, 1.807) is 24.3 Å². The molecule has 4 rings (SSSR count). The lowest BCUT2D eigenvalue weighted by Gasteiger charge is -2.13. The van der Waals surface area contributed by atoms with Gasteiger partial charge in [-0.1, -0.05) is 65.7 Å². The Bertz CT molecular complexity index is 1350. The zero-order valence-electron chi connectivity index (χ0n) is 17.9.